The Bertz CT molecular complexity index is 848. The Balaban J connectivity index is 1.56. The van der Waals surface area contributed by atoms with Crippen LogP contribution in [0.3, 0.4) is 0 Å². The number of amides is 1. The van der Waals surface area contributed by atoms with E-state index in [1.165, 1.54) is 43.2 Å². The number of hydrogen-bond acceptors (Lipinski definition) is 6. The molecule has 4 rings (SSSR count). The van der Waals surface area contributed by atoms with Gasteiger partial charge in [0.25, 0.3) is 0 Å². The van der Waals surface area contributed by atoms with Crippen LogP contribution in [0.1, 0.15) is 32.0 Å². The maximum atomic E-state index is 13.5. The predicted molar refractivity (Wildman–Crippen MR) is 113 cm³/mol. The number of halogens is 1. The fourth-order valence-electron chi connectivity index (χ4n) is 3.90. The van der Waals surface area contributed by atoms with Crippen LogP contribution in [-0.4, -0.2) is 75.1 Å². The van der Waals surface area contributed by atoms with Crippen molar-refractivity contribution < 1.29 is 13.9 Å². The molecule has 0 radical (unpaired) electrons. The summed E-state index contributed by atoms with van der Waals surface area (Å²) in [5, 5.41) is 9.21. The summed E-state index contributed by atoms with van der Waals surface area (Å²) in [6.45, 7) is 7.08. The Hall–Kier alpha value is -1.97. The molecule has 30 heavy (non-hydrogen) atoms. The molecule has 1 amide bonds. The van der Waals surface area contributed by atoms with Gasteiger partial charge in [0.1, 0.15) is 5.82 Å². The van der Waals surface area contributed by atoms with E-state index >= 15 is 0 Å². The zero-order chi connectivity index (χ0) is 20.9. The van der Waals surface area contributed by atoms with Gasteiger partial charge in [0.15, 0.2) is 11.0 Å². The van der Waals surface area contributed by atoms with Gasteiger partial charge in [-0.2, -0.15) is 0 Å². The van der Waals surface area contributed by atoms with E-state index in [4.69, 9.17) is 4.74 Å². The second-order valence-corrected chi connectivity index (χ2v) is 9.05. The highest BCUT2D eigenvalue weighted by Crippen LogP contribution is 2.28. The van der Waals surface area contributed by atoms with E-state index in [-0.39, 0.29) is 17.0 Å². The van der Waals surface area contributed by atoms with Crippen LogP contribution < -0.4 is 0 Å². The summed E-state index contributed by atoms with van der Waals surface area (Å²) in [5.74, 6) is 0.612. The zero-order valence-electron chi connectivity index (χ0n) is 17.3. The third-order valence-corrected chi connectivity index (χ3v) is 6.58. The highest BCUT2D eigenvalue weighted by atomic mass is 32.2. The Labute approximate surface area is 180 Å². The number of thioether (sulfide) groups is 1. The molecule has 0 aliphatic carbocycles. The van der Waals surface area contributed by atoms with Crippen LogP contribution >= 0.6 is 11.8 Å². The molecule has 2 saturated heterocycles. The minimum atomic E-state index is -0.297. The summed E-state index contributed by atoms with van der Waals surface area (Å²) in [5.41, 5.74) is 0.807. The lowest BCUT2D eigenvalue weighted by atomic mass is 10.1. The molecule has 1 aromatic carbocycles. The maximum absolute atomic E-state index is 13.5. The van der Waals surface area contributed by atoms with Crippen molar-refractivity contribution in [1.82, 2.24) is 24.6 Å². The number of piperidine rings is 1. The summed E-state index contributed by atoms with van der Waals surface area (Å²) in [6.07, 6.45) is 3.65. The van der Waals surface area contributed by atoms with Crippen molar-refractivity contribution in [3.8, 4) is 5.69 Å². The van der Waals surface area contributed by atoms with E-state index in [0.717, 1.165) is 24.6 Å². The number of benzene rings is 1. The molecule has 1 aromatic heterocycles. The van der Waals surface area contributed by atoms with Gasteiger partial charge in [0.2, 0.25) is 5.91 Å². The SMILES string of the molecule is CC(Sc1nnc(CN2CCCCC2)n1-c1ccc(F)cc1)C(=O)N1CCOCC1. The molecule has 2 aromatic rings. The molecule has 162 valence electrons. The maximum Gasteiger partial charge on any atom is 0.236 e. The number of carbonyl (C=O) groups is 1. The van der Waals surface area contributed by atoms with E-state index in [1.807, 2.05) is 16.4 Å². The van der Waals surface area contributed by atoms with Gasteiger partial charge in [-0.1, -0.05) is 18.2 Å². The molecule has 7 nitrogen and oxygen atoms in total. The molecular weight excluding hydrogens is 405 g/mol. The van der Waals surface area contributed by atoms with Gasteiger partial charge in [-0.3, -0.25) is 14.3 Å². The van der Waals surface area contributed by atoms with Crippen LogP contribution in [0.25, 0.3) is 5.69 Å². The average molecular weight is 434 g/mol. The zero-order valence-corrected chi connectivity index (χ0v) is 18.1. The van der Waals surface area contributed by atoms with Crippen LogP contribution in [0.5, 0.6) is 0 Å². The Morgan fingerprint density at radius 3 is 2.50 bits per heavy atom. The van der Waals surface area contributed by atoms with Crippen molar-refractivity contribution >= 4 is 17.7 Å². The second kappa shape index (κ2) is 9.89. The lowest BCUT2D eigenvalue weighted by Crippen LogP contribution is -2.44. The number of aromatic nitrogens is 3. The van der Waals surface area contributed by atoms with E-state index in [9.17, 15) is 9.18 Å². The molecule has 9 heteroatoms. The average Bonchev–Trinajstić information content (AvgIpc) is 3.17. The fourth-order valence-corrected chi connectivity index (χ4v) is 4.87. The summed E-state index contributed by atoms with van der Waals surface area (Å²) in [6, 6.07) is 6.35. The van der Waals surface area contributed by atoms with Crippen LogP contribution in [-0.2, 0) is 16.1 Å². The molecule has 3 heterocycles. The molecule has 2 aliphatic rings. The van der Waals surface area contributed by atoms with Crippen LogP contribution in [0.15, 0.2) is 29.4 Å². The molecule has 2 aliphatic heterocycles. The number of likely N-dealkylation sites (tertiary alicyclic amines) is 1. The third-order valence-electron chi connectivity index (χ3n) is 5.55. The summed E-state index contributed by atoms with van der Waals surface area (Å²) >= 11 is 1.40. The van der Waals surface area contributed by atoms with Crippen molar-refractivity contribution in [2.75, 3.05) is 39.4 Å². The van der Waals surface area contributed by atoms with Crippen molar-refractivity contribution in [3.05, 3.63) is 35.9 Å². The molecule has 0 N–H and O–H groups in total. The van der Waals surface area contributed by atoms with Crippen molar-refractivity contribution in [2.45, 2.75) is 43.1 Å². The monoisotopic (exact) mass is 433 g/mol. The fraction of sp³-hybridized carbons (Fsp3) is 0.571. The lowest BCUT2D eigenvalue weighted by molar-refractivity contribution is -0.134. The van der Waals surface area contributed by atoms with E-state index < -0.39 is 0 Å². The van der Waals surface area contributed by atoms with E-state index in [1.54, 1.807) is 12.1 Å². The molecule has 1 unspecified atom stereocenters. The van der Waals surface area contributed by atoms with Gasteiger partial charge in [-0.05, 0) is 57.1 Å². The summed E-state index contributed by atoms with van der Waals surface area (Å²) in [7, 11) is 0. The first kappa shape index (κ1) is 21.3. The minimum Gasteiger partial charge on any atom is -0.378 e. The predicted octanol–water partition coefficient (Wildman–Crippen LogP) is 2.73. The summed E-state index contributed by atoms with van der Waals surface area (Å²) in [4.78, 5) is 17.1. The number of morpholine rings is 1. The van der Waals surface area contributed by atoms with Gasteiger partial charge in [0.05, 0.1) is 25.0 Å². The molecule has 0 saturated carbocycles. The molecule has 2 fully saturated rings. The Kier molecular flexibility index (Phi) is 7.01. The number of hydrogen-bond donors (Lipinski definition) is 0. The topological polar surface area (TPSA) is 63.5 Å². The van der Waals surface area contributed by atoms with Gasteiger partial charge in [0, 0.05) is 18.8 Å². The first-order chi connectivity index (χ1) is 14.6. The number of nitrogens with zero attached hydrogens (tertiary/aromatic N) is 5. The first-order valence-corrected chi connectivity index (χ1v) is 11.5. The highest BCUT2D eigenvalue weighted by molar-refractivity contribution is 8.00. The van der Waals surface area contributed by atoms with Crippen molar-refractivity contribution in [3.63, 3.8) is 0 Å². The van der Waals surface area contributed by atoms with E-state index in [0.29, 0.717) is 38.0 Å². The quantitative estimate of drug-likeness (QED) is 0.653. The van der Waals surface area contributed by atoms with Crippen LogP contribution in [0.4, 0.5) is 4.39 Å². The molecule has 1 atom stereocenters. The van der Waals surface area contributed by atoms with Crippen molar-refractivity contribution in [2.24, 2.45) is 0 Å². The largest absolute Gasteiger partial charge is 0.378 e. The summed E-state index contributed by atoms with van der Waals surface area (Å²) < 4.78 is 20.8. The normalized spacial score (nSPS) is 19.1. The standard InChI is InChI=1S/C21H28FN5O2S/c1-16(20(28)26-11-13-29-14-12-26)30-21-24-23-19(15-25-9-3-2-4-10-25)27(21)18-7-5-17(22)6-8-18/h5-8,16H,2-4,9-15H2,1H3. The van der Waals surface area contributed by atoms with Gasteiger partial charge in [-0.25, -0.2) is 4.39 Å². The van der Waals surface area contributed by atoms with Gasteiger partial charge < -0.3 is 9.64 Å². The number of ether oxygens (including phenoxy) is 1. The lowest BCUT2D eigenvalue weighted by Gasteiger charge is -2.29. The van der Waals surface area contributed by atoms with Crippen LogP contribution in [0.2, 0.25) is 0 Å². The molecule has 0 bridgehead atoms. The van der Waals surface area contributed by atoms with Gasteiger partial charge in [-0.15, -0.1) is 10.2 Å². The highest BCUT2D eigenvalue weighted by Gasteiger charge is 2.26. The van der Waals surface area contributed by atoms with E-state index in [2.05, 4.69) is 15.1 Å². The van der Waals surface area contributed by atoms with Crippen LogP contribution in [0, 0.1) is 5.82 Å². The second-order valence-electron chi connectivity index (χ2n) is 7.75. The molecular formula is C21H28FN5O2S. The first-order valence-electron chi connectivity index (χ1n) is 10.6. The Morgan fingerprint density at radius 2 is 1.80 bits per heavy atom. The molecule has 0 spiro atoms. The third kappa shape index (κ3) is 5.01. The van der Waals surface area contributed by atoms with Gasteiger partial charge >= 0.3 is 0 Å². The van der Waals surface area contributed by atoms with Crippen molar-refractivity contribution in [1.29, 1.82) is 0 Å². The number of carbonyl (C=O) groups excluding carboxylic acids is 1. The number of rotatable bonds is 6. The minimum absolute atomic E-state index is 0.0783. The Morgan fingerprint density at radius 1 is 1.10 bits per heavy atom. The smallest absolute Gasteiger partial charge is 0.236 e.